The summed E-state index contributed by atoms with van der Waals surface area (Å²) in [6, 6.07) is -4.20. The molecule has 0 bridgehead atoms. The summed E-state index contributed by atoms with van der Waals surface area (Å²) in [5.41, 5.74) is 10.6. The monoisotopic (exact) mass is 376 g/mol. The van der Waals surface area contributed by atoms with Crippen molar-refractivity contribution in [2.24, 2.45) is 11.5 Å². The quantitative estimate of drug-likeness (QED) is 0.244. The molecule has 9 N–H and O–H groups in total. The third kappa shape index (κ3) is 6.22. The minimum absolute atomic E-state index is 0.213. The number of hydrogen-bond donors (Lipinski definition) is 7. The molecule has 140 valence electrons. The number of hydrogen-bond acceptors (Lipinski definition) is 9. The summed E-state index contributed by atoms with van der Waals surface area (Å²) in [5, 5.41) is 40.2. The van der Waals surface area contributed by atoms with E-state index < -0.39 is 55.2 Å². The van der Waals surface area contributed by atoms with E-state index in [2.05, 4.69) is 20.8 Å². The summed E-state index contributed by atoms with van der Waals surface area (Å²) >= 11 is 0.980. The standard InChI is InChI=1S/C12H20N6O6S/c1-4(20)8(14)10-18-17-9(25-10)6(3-19)16-12(24)15-5(11(22)23)2-7(13)21/h4-6,8,19-20H,2-3,14H2,1H3,(H2,13,21)(H,22,23)(H2,15,16,24)/t4?,5-,6-,8-/m0/s1. The zero-order valence-corrected chi connectivity index (χ0v) is 14.1. The zero-order chi connectivity index (χ0) is 19.1. The average molecular weight is 376 g/mol. The molecule has 1 rings (SSSR count). The number of amides is 3. The Bertz CT molecular complexity index is 623. The van der Waals surface area contributed by atoms with Crippen molar-refractivity contribution < 1.29 is 29.7 Å². The van der Waals surface area contributed by atoms with Crippen LogP contribution >= 0.6 is 11.3 Å². The lowest BCUT2D eigenvalue weighted by molar-refractivity contribution is -0.140. The fraction of sp³-hybridized carbons (Fsp3) is 0.583. The van der Waals surface area contributed by atoms with Gasteiger partial charge in [-0.1, -0.05) is 11.3 Å². The second-order valence-corrected chi connectivity index (χ2v) is 6.20. The summed E-state index contributed by atoms with van der Waals surface area (Å²) in [4.78, 5) is 33.7. The molecule has 3 amide bonds. The first-order chi connectivity index (χ1) is 11.6. The fourth-order valence-electron chi connectivity index (χ4n) is 1.67. The van der Waals surface area contributed by atoms with E-state index in [0.29, 0.717) is 5.01 Å². The lowest BCUT2D eigenvalue weighted by Gasteiger charge is -2.17. The number of aliphatic hydroxyl groups excluding tert-OH is 2. The van der Waals surface area contributed by atoms with Crippen LogP contribution in [0.2, 0.25) is 0 Å². The van der Waals surface area contributed by atoms with Crippen molar-refractivity contribution in [2.75, 3.05) is 6.61 Å². The minimum atomic E-state index is -1.51. The van der Waals surface area contributed by atoms with Gasteiger partial charge in [0.1, 0.15) is 22.1 Å². The number of rotatable bonds is 9. The van der Waals surface area contributed by atoms with Crippen molar-refractivity contribution in [2.45, 2.75) is 37.6 Å². The topological polar surface area (TPSA) is 214 Å². The Morgan fingerprint density at radius 1 is 1.24 bits per heavy atom. The lowest BCUT2D eigenvalue weighted by Crippen LogP contribution is -2.48. The highest BCUT2D eigenvalue weighted by molar-refractivity contribution is 7.11. The van der Waals surface area contributed by atoms with Crippen molar-refractivity contribution in [1.82, 2.24) is 20.8 Å². The number of carbonyl (C=O) groups is 3. The van der Waals surface area contributed by atoms with Gasteiger partial charge in [-0.3, -0.25) is 4.79 Å². The molecule has 0 aliphatic heterocycles. The highest BCUT2D eigenvalue weighted by Crippen LogP contribution is 2.23. The number of primary amides is 1. The number of urea groups is 1. The largest absolute Gasteiger partial charge is 0.480 e. The fourth-order valence-corrected chi connectivity index (χ4v) is 2.66. The van der Waals surface area contributed by atoms with Crippen molar-refractivity contribution in [3.05, 3.63) is 10.0 Å². The van der Waals surface area contributed by atoms with E-state index in [-0.39, 0.29) is 5.01 Å². The second-order valence-electron chi connectivity index (χ2n) is 5.16. The maximum Gasteiger partial charge on any atom is 0.326 e. The van der Waals surface area contributed by atoms with Gasteiger partial charge in [0.15, 0.2) is 0 Å². The molecule has 0 aliphatic rings. The number of aromatic nitrogens is 2. The number of carboxylic acids is 1. The lowest BCUT2D eigenvalue weighted by atomic mass is 10.2. The normalized spacial score (nSPS) is 15.7. The maximum atomic E-state index is 11.9. The zero-order valence-electron chi connectivity index (χ0n) is 13.2. The van der Waals surface area contributed by atoms with E-state index in [1.54, 1.807) is 0 Å². The van der Waals surface area contributed by atoms with E-state index in [4.69, 9.17) is 16.6 Å². The molecule has 4 atom stereocenters. The molecular weight excluding hydrogens is 356 g/mol. The molecule has 13 heteroatoms. The van der Waals surface area contributed by atoms with Crippen LogP contribution in [0, 0.1) is 0 Å². The van der Waals surface area contributed by atoms with Crippen LogP contribution in [0.4, 0.5) is 4.79 Å². The van der Waals surface area contributed by atoms with Gasteiger partial charge in [0.05, 0.1) is 25.2 Å². The van der Waals surface area contributed by atoms with E-state index >= 15 is 0 Å². The van der Waals surface area contributed by atoms with E-state index in [1.807, 2.05) is 0 Å². The van der Waals surface area contributed by atoms with Gasteiger partial charge in [-0.15, -0.1) is 10.2 Å². The Hall–Kier alpha value is -2.35. The van der Waals surface area contributed by atoms with Crippen LogP contribution < -0.4 is 22.1 Å². The summed E-state index contributed by atoms with van der Waals surface area (Å²) in [6.45, 7) is 0.936. The number of carboxylic acid groups (broad SMARTS) is 1. The molecule has 0 fully saturated rings. The van der Waals surface area contributed by atoms with Crippen molar-refractivity contribution in [1.29, 1.82) is 0 Å². The molecule has 0 saturated carbocycles. The Balaban J connectivity index is 2.76. The molecule has 12 nitrogen and oxygen atoms in total. The first-order valence-electron chi connectivity index (χ1n) is 7.11. The number of nitrogens with zero attached hydrogens (tertiary/aromatic N) is 2. The van der Waals surface area contributed by atoms with E-state index in [1.165, 1.54) is 6.92 Å². The highest BCUT2D eigenvalue weighted by atomic mass is 32.1. The van der Waals surface area contributed by atoms with Gasteiger partial charge in [-0.25, -0.2) is 9.59 Å². The second kappa shape index (κ2) is 9.22. The Labute approximate surface area is 146 Å². The van der Waals surface area contributed by atoms with E-state index in [0.717, 1.165) is 11.3 Å². The Morgan fingerprint density at radius 3 is 2.32 bits per heavy atom. The number of nitrogens with two attached hydrogens (primary N) is 2. The molecule has 1 heterocycles. The third-order valence-electron chi connectivity index (χ3n) is 3.06. The molecule has 0 aliphatic carbocycles. The number of nitrogens with one attached hydrogen (secondary N) is 2. The minimum Gasteiger partial charge on any atom is -0.480 e. The van der Waals surface area contributed by atoms with Gasteiger partial charge in [0.2, 0.25) is 5.91 Å². The average Bonchev–Trinajstić information content (AvgIpc) is 3.00. The summed E-state index contributed by atoms with van der Waals surface area (Å²) in [5.74, 6) is -2.33. The van der Waals surface area contributed by atoms with Gasteiger partial charge in [-0.05, 0) is 6.92 Å². The smallest absolute Gasteiger partial charge is 0.326 e. The van der Waals surface area contributed by atoms with E-state index in [9.17, 15) is 24.6 Å². The molecule has 25 heavy (non-hydrogen) atoms. The van der Waals surface area contributed by atoms with Gasteiger partial charge in [-0.2, -0.15) is 0 Å². The van der Waals surface area contributed by atoms with Gasteiger partial charge in [0.25, 0.3) is 0 Å². The third-order valence-corrected chi connectivity index (χ3v) is 4.19. The highest BCUT2D eigenvalue weighted by Gasteiger charge is 2.26. The predicted molar refractivity (Wildman–Crippen MR) is 85.2 cm³/mol. The van der Waals surface area contributed by atoms with Gasteiger partial charge >= 0.3 is 12.0 Å². The molecule has 0 spiro atoms. The number of carbonyl (C=O) groups excluding carboxylic acids is 2. The van der Waals surface area contributed by atoms with Crippen molar-refractivity contribution >= 4 is 29.2 Å². The van der Waals surface area contributed by atoms with Crippen LogP contribution in [0.15, 0.2) is 0 Å². The molecule has 1 unspecified atom stereocenters. The Kier molecular flexibility index (Phi) is 7.63. The molecule has 0 saturated heterocycles. The van der Waals surface area contributed by atoms with Crippen molar-refractivity contribution in [3.8, 4) is 0 Å². The summed E-state index contributed by atoms with van der Waals surface area (Å²) in [6.07, 6.45) is -1.45. The van der Waals surface area contributed by atoms with Crippen LogP contribution in [-0.4, -0.2) is 62.2 Å². The van der Waals surface area contributed by atoms with Crippen LogP contribution in [0.3, 0.4) is 0 Å². The maximum absolute atomic E-state index is 11.9. The Morgan fingerprint density at radius 2 is 1.84 bits per heavy atom. The first-order valence-corrected chi connectivity index (χ1v) is 7.93. The molecule has 1 aromatic heterocycles. The van der Waals surface area contributed by atoms with Crippen LogP contribution in [-0.2, 0) is 9.59 Å². The molecule has 1 aromatic rings. The number of aliphatic hydroxyl groups is 2. The van der Waals surface area contributed by atoms with Crippen molar-refractivity contribution in [3.63, 3.8) is 0 Å². The molecular formula is C12H20N6O6S. The first kappa shape index (κ1) is 20.7. The van der Waals surface area contributed by atoms with Crippen LogP contribution in [0.5, 0.6) is 0 Å². The summed E-state index contributed by atoms with van der Waals surface area (Å²) in [7, 11) is 0. The summed E-state index contributed by atoms with van der Waals surface area (Å²) < 4.78 is 0. The van der Waals surface area contributed by atoms with Gasteiger partial charge < -0.3 is 37.4 Å². The SMILES string of the molecule is CC(O)[C@H](N)c1nnc([C@H](CO)NC(=O)N[C@@H](CC(N)=O)C(=O)O)s1. The predicted octanol–water partition coefficient (Wildman–Crippen LogP) is -2.42. The van der Waals surface area contributed by atoms with Gasteiger partial charge in [0, 0.05) is 0 Å². The van der Waals surface area contributed by atoms with Crippen LogP contribution in [0.25, 0.3) is 0 Å². The molecule has 0 radical (unpaired) electrons. The van der Waals surface area contributed by atoms with Crippen LogP contribution in [0.1, 0.15) is 35.4 Å². The number of aliphatic carboxylic acids is 1. The molecule has 0 aromatic carbocycles.